The molecule has 0 radical (unpaired) electrons. The van der Waals surface area contributed by atoms with Crippen LogP contribution in [0.3, 0.4) is 0 Å². The molecule has 0 aliphatic rings. The van der Waals surface area contributed by atoms with Crippen molar-refractivity contribution < 1.29 is 4.79 Å². The minimum atomic E-state index is -0.255. The summed E-state index contributed by atoms with van der Waals surface area (Å²) in [6.45, 7) is 4.22. The second kappa shape index (κ2) is 5.77. The van der Waals surface area contributed by atoms with Crippen molar-refractivity contribution >= 4 is 17.4 Å². The Balaban J connectivity index is 2.55. The first kappa shape index (κ1) is 11.2. The smallest absolute Gasteiger partial charge is 0.239 e. The standard InChI is InChI=1S/C10H14N4O/c1-2-5-12-8-3-4-9(13-7-8)14-10(15)6-11/h2-4,7,12H,1,5-6,11H2,(H,13,14,15). The van der Waals surface area contributed by atoms with Crippen molar-refractivity contribution in [2.45, 2.75) is 0 Å². The zero-order valence-electron chi connectivity index (χ0n) is 8.36. The molecule has 1 heterocycles. The number of nitrogens with two attached hydrogens (primary N) is 1. The Morgan fingerprint density at radius 2 is 2.40 bits per heavy atom. The molecule has 4 N–H and O–H groups in total. The number of rotatable bonds is 5. The van der Waals surface area contributed by atoms with E-state index in [0.717, 1.165) is 5.69 Å². The predicted octanol–water partition coefficient (Wildman–Crippen LogP) is 0.577. The fourth-order valence-corrected chi connectivity index (χ4v) is 0.956. The number of aromatic nitrogens is 1. The van der Waals surface area contributed by atoms with Crippen LogP contribution in [0.25, 0.3) is 0 Å². The summed E-state index contributed by atoms with van der Waals surface area (Å²) in [6, 6.07) is 3.53. The molecule has 0 spiro atoms. The van der Waals surface area contributed by atoms with Gasteiger partial charge in [-0.15, -0.1) is 6.58 Å². The van der Waals surface area contributed by atoms with Crippen LogP contribution < -0.4 is 16.4 Å². The first-order chi connectivity index (χ1) is 7.26. The SMILES string of the molecule is C=CCNc1ccc(NC(=O)CN)nc1. The lowest BCUT2D eigenvalue weighted by molar-refractivity contribution is -0.114. The molecule has 1 rings (SSSR count). The number of nitrogens with zero attached hydrogens (tertiary/aromatic N) is 1. The van der Waals surface area contributed by atoms with Crippen molar-refractivity contribution in [2.75, 3.05) is 23.7 Å². The van der Waals surface area contributed by atoms with E-state index >= 15 is 0 Å². The molecule has 0 atom stereocenters. The van der Waals surface area contributed by atoms with E-state index in [0.29, 0.717) is 12.4 Å². The quantitative estimate of drug-likeness (QED) is 0.615. The Hall–Kier alpha value is -1.88. The Labute approximate surface area is 88.4 Å². The van der Waals surface area contributed by atoms with E-state index in [1.807, 2.05) is 6.07 Å². The van der Waals surface area contributed by atoms with Gasteiger partial charge in [-0.05, 0) is 12.1 Å². The molecule has 1 amide bonds. The molecule has 0 saturated heterocycles. The van der Waals surface area contributed by atoms with E-state index in [-0.39, 0.29) is 12.5 Å². The van der Waals surface area contributed by atoms with Crippen LogP contribution in [0.1, 0.15) is 0 Å². The molecule has 5 nitrogen and oxygen atoms in total. The van der Waals surface area contributed by atoms with Gasteiger partial charge < -0.3 is 16.4 Å². The molecular weight excluding hydrogens is 192 g/mol. The first-order valence-electron chi connectivity index (χ1n) is 4.57. The second-order valence-electron chi connectivity index (χ2n) is 2.85. The third-order valence-electron chi connectivity index (χ3n) is 1.67. The highest BCUT2D eigenvalue weighted by atomic mass is 16.1. The monoisotopic (exact) mass is 206 g/mol. The van der Waals surface area contributed by atoms with Crippen molar-refractivity contribution in [1.82, 2.24) is 4.98 Å². The number of carbonyl (C=O) groups excluding carboxylic acids is 1. The Morgan fingerprint density at radius 3 is 2.93 bits per heavy atom. The average Bonchev–Trinajstić information content (AvgIpc) is 2.28. The third-order valence-corrected chi connectivity index (χ3v) is 1.67. The van der Waals surface area contributed by atoms with Gasteiger partial charge in [0.15, 0.2) is 0 Å². The zero-order valence-corrected chi connectivity index (χ0v) is 8.36. The van der Waals surface area contributed by atoms with Crippen LogP contribution in [0.5, 0.6) is 0 Å². The van der Waals surface area contributed by atoms with Gasteiger partial charge in [0.1, 0.15) is 5.82 Å². The van der Waals surface area contributed by atoms with Crippen LogP contribution in [-0.2, 0) is 4.79 Å². The minimum Gasteiger partial charge on any atom is -0.380 e. The van der Waals surface area contributed by atoms with E-state index in [1.54, 1.807) is 18.3 Å². The van der Waals surface area contributed by atoms with Crippen molar-refractivity contribution in [1.29, 1.82) is 0 Å². The van der Waals surface area contributed by atoms with Gasteiger partial charge in [0, 0.05) is 6.54 Å². The molecule has 5 heteroatoms. The normalized spacial score (nSPS) is 9.40. The lowest BCUT2D eigenvalue weighted by atomic mass is 10.4. The molecular formula is C10H14N4O. The highest BCUT2D eigenvalue weighted by molar-refractivity contribution is 5.91. The van der Waals surface area contributed by atoms with Gasteiger partial charge in [-0.2, -0.15) is 0 Å². The van der Waals surface area contributed by atoms with Crippen LogP contribution in [0.15, 0.2) is 31.0 Å². The van der Waals surface area contributed by atoms with Gasteiger partial charge >= 0.3 is 0 Å². The molecule has 80 valence electrons. The number of carbonyl (C=O) groups is 1. The maximum atomic E-state index is 10.9. The maximum absolute atomic E-state index is 10.9. The van der Waals surface area contributed by atoms with E-state index in [1.165, 1.54) is 0 Å². The van der Waals surface area contributed by atoms with E-state index in [4.69, 9.17) is 5.73 Å². The van der Waals surface area contributed by atoms with Crippen molar-refractivity contribution in [3.8, 4) is 0 Å². The number of amides is 1. The van der Waals surface area contributed by atoms with Crippen LogP contribution in [-0.4, -0.2) is 24.0 Å². The Bertz CT molecular complexity index is 334. The highest BCUT2D eigenvalue weighted by Crippen LogP contribution is 2.08. The van der Waals surface area contributed by atoms with Crippen molar-refractivity contribution in [3.05, 3.63) is 31.0 Å². The summed E-state index contributed by atoms with van der Waals surface area (Å²) in [5.41, 5.74) is 6.03. The fourth-order valence-electron chi connectivity index (χ4n) is 0.956. The Morgan fingerprint density at radius 1 is 1.60 bits per heavy atom. The average molecular weight is 206 g/mol. The zero-order chi connectivity index (χ0) is 11.1. The van der Waals surface area contributed by atoms with Gasteiger partial charge in [-0.25, -0.2) is 4.98 Å². The predicted molar refractivity (Wildman–Crippen MR) is 60.6 cm³/mol. The summed E-state index contributed by atoms with van der Waals surface area (Å²) in [4.78, 5) is 15.0. The van der Waals surface area contributed by atoms with E-state index in [2.05, 4.69) is 22.2 Å². The van der Waals surface area contributed by atoms with Gasteiger partial charge in [0.2, 0.25) is 5.91 Å². The fraction of sp³-hybridized carbons (Fsp3) is 0.200. The van der Waals surface area contributed by atoms with Crippen LogP contribution in [0.4, 0.5) is 11.5 Å². The molecule has 0 aliphatic heterocycles. The lowest BCUT2D eigenvalue weighted by Gasteiger charge is -2.05. The summed E-state index contributed by atoms with van der Waals surface area (Å²) in [5, 5.41) is 5.62. The summed E-state index contributed by atoms with van der Waals surface area (Å²) < 4.78 is 0. The first-order valence-corrected chi connectivity index (χ1v) is 4.57. The molecule has 15 heavy (non-hydrogen) atoms. The Kier molecular flexibility index (Phi) is 4.30. The highest BCUT2D eigenvalue weighted by Gasteiger charge is 1.99. The summed E-state index contributed by atoms with van der Waals surface area (Å²) >= 11 is 0. The molecule has 0 saturated carbocycles. The van der Waals surface area contributed by atoms with Gasteiger partial charge in [0.05, 0.1) is 18.4 Å². The van der Waals surface area contributed by atoms with Crippen LogP contribution >= 0.6 is 0 Å². The summed E-state index contributed by atoms with van der Waals surface area (Å²) in [7, 11) is 0. The van der Waals surface area contributed by atoms with Gasteiger partial charge in [-0.3, -0.25) is 4.79 Å². The summed E-state index contributed by atoms with van der Waals surface area (Å²) in [6.07, 6.45) is 3.39. The molecule has 0 aromatic carbocycles. The lowest BCUT2D eigenvalue weighted by Crippen LogP contribution is -2.22. The number of anilines is 2. The molecule has 0 fully saturated rings. The second-order valence-corrected chi connectivity index (χ2v) is 2.85. The largest absolute Gasteiger partial charge is 0.380 e. The maximum Gasteiger partial charge on any atom is 0.239 e. The third kappa shape index (κ3) is 3.78. The molecule has 1 aromatic rings. The van der Waals surface area contributed by atoms with E-state index < -0.39 is 0 Å². The van der Waals surface area contributed by atoms with E-state index in [9.17, 15) is 4.79 Å². The topological polar surface area (TPSA) is 80.0 Å². The van der Waals surface area contributed by atoms with Crippen molar-refractivity contribution in [2.24, 2.45) is 5.73 Å². The summed E-state index contributed by atoms with van der Waals surface area (Å²) in [5.74, 6) is 0.240. The minimum absolute atomic E-state index is 0.0435. The molecule has 1 aromatic heterocycles. The number of pyridine rings is 1. The molecule has 0 unspecified atom stereocenters. The van der Waals surface area contributed by atoms with Crippen LogP contribution in [0, 0.1) is 0 Å². The molecule has 0 bridgehead atoms. The number of nitrogens with one attached hydrogen (secondary N) is 2. The number of hydrogen-bond donors (Lipinski definition) is 3. The molecule has 0 aliphatic carbocycles. The van der Waals surface area contributed by atoms with Crippen molar-refractivity contribution in [3.63, 3.8) is 0 Å². The number of hydrogen-bond acceptors (Lipinski definition) is 4. The van der Waals surface area contributed by atoms with Gasteiger partial charge in [0.25, 0.3) is 0 Å². The van der Waals surface area contributed by atoms with Gasteiger partial charge in [-0.1, -0.05) is 6.08 Å². The van der Waals surface area contributed by atoms with Crippen LogP contribution in [0.2, 0.25) is 0 Å².